The molecular formula is C53H90O15. The van der Waals surface area contributed by atoms with Gasteiger partial charge in [0.05, 0.1) is 19.8 Å². The van der Waals surface area contributed by atoms with Gasteiger partial charge in [-0.3, -0.25) is 9.59 Å². The topological polar surface area (TPSA) is 231 Å². The maximum Gasteiger partial charge on any atom is 0.306 e. The van der Waals surface area contributed by atoms with Gasteiger partial charge in [-0.1, -0.05) is 139 Å². The van der Waals surface area contributed by atoms with E-state index in [1.807, 2.05) is 0 Å². The smallest absolute Gasteiger partial charge is 0.306 e. The van der Waals surface area contributed by atoms with E-state index in [1.165, 1.54) is 44.9 Å². The Kier molecular flexibility index (Phi) is 36.0. The van der Waals surface area contributed by atoms with Crippen LogP contribution in [0.15, 0.2) is 60.8 Å². The molecule has 11 atom stereocenters. The van der Waals surface area contributed by atoms with Crippen LogP contribution in [0.3, 0.4) is 0 Å². The SMILES string of the molecule is CCC/C=C/C/C=C/C/C=C/C/C=C/CCCCCC(=O)O[C@H](COC(=O)CCCCCCC/C=C/CCCCCCCC)CO[C@H]1O[C@@H](CO[C@H]2O[C@@H](CO)[C@@H](O)C(O)C2O)[C@@H](O)C(O)C1O. The highest BCUT2D eigenvalue weighted by Crippen LogP contribution is 2.26. The van der Waals surface area contributed by atoms with Crippen LogP contribution in [0.2, 0.25) is 0 Å². The van der Waals surface area contributed by atoms with Crippen molar-refractivity contribution < 1.29 is 73.8 Å². The highest BCUT2D eigenvalue weighted by atomic mass is 16.7. The lowest BCUT2D eigenvalue weighted by atomic mass is 9.98. The predicted molar refractivity (Wildman–Crippen MR) is 261 cm³/mol. The number of ether oxygens (including phenoxy) is 6. The third-order valence-electron chi connectivity index (χ3n) is 11.9. The largest absolute Gasteiger partial charge is 0.462 e. The number of carbonyl (C=O) groups is 2. The number of esters is 2. The lowest BCUT2D eigenvalue weighted by Crippen LogP contribution is -2.61. The Morgan fingerprint density at radius 1 is 0.471 bits per heavy atom. The Bertz CT molecular complexity index is 1420. The van der Waals surface area contributed by atoms with Crippen molar-refractivity contribution in [3.63, 3.8) is 0 Å². The monoisotopic (exact) mass is 967 g/mol. The molecule has 15 nitrogen and oxygen atoms in total. The van der Waals surface area contributed by atoms with Crippen LogP contribution in [-0.2, 0) is 38.0 Å². The minimum atomic E-state index is -1.77. The Morgan fingerprint density at radius 3 is 1.47 bits per heavy atom. The summed E-state index contributed by atoms with van der Waals surface area (Å²) in [5, 5.41) is 72.1. The van der Waals surface area contributed by atoms with Gasteiger partial charge >= 0.3 is 11.9 Å². The van der Waals surface area contributed by atoms with Gasteiger partial charge in [0, 0.05) is 12.8 Å². The third kappa shape index (κ3) is 27.6. The first-order chi connectivity index (χ1) is 33.0. The molecule has 68 heavy (non-hydrogen) atoms. The van der Waals surface area contributed by atoms with E-state index in [-0.39, 0.29) is 19.4 Å². The van der Waals surface area contributed by atoms with Crippen LogP contribution in [0.1, 0.15) is 168 Å². The first-order valence-electron chi connectivity index (χ1n) is 25.9. The zero-order valence-electron chi connectivity index (χ0n) is 41.3. The number of rotatable bonds is 39. The van der Waals surface area contributed by atoms with Crippen molar-refractivity contribution in [1.82, 2.24) is 0 Å². The normalized spacial score (nSPS) is 26.2. The molecule has 2 fully saturated rings. The highest BCUT2D eigenvalue weighted by molar-refractivity contribution is 5.70. The number of carbonyl (C=O) groups excluding carboxylic acids is 2. The van der Waals surface area contributed by atoms with Crippen molar-refractivity contribution in [2.24, 2.45) is 0 Å². The second kappa shape index (κ2) is 39.9. The van der Waals surface area contributed by atoms with Crippen molar-refractivity contribution in [2.75, 3.05) is 26.4 Å². The van der Waals surface area contributed by atoms with Gasteiger partial charge < -0.3 is 64.2 Å². The van der Waals surface area contributed by atoms with E-state index in [9.17, 15) is 45.3 Å². The number of unbranched alkanes of at least 4 members (excludes halogenated alkanes) is 15. The molecule has 0 aliphatic carbocycles. The molecule has 4 unspecified atom stereocenters. The summed E-state index contributed by atoms with van der Waals surface area (Å²) >= 11 is 0. The molecule has 0 bridgehead atoms. The average Bonchev–Trinajstić information content (AvgIpc) is 3.33. The lowest BCUT2D eigenvalue weighted by molar-refractivity contribution is -0.332. The Morgan fingerprint density at radius 2 is 0.912 bits per heavy atom. The van der Waals surface area contributed by atoms with Gasteiger partial charge in [-0.25, -0.2) is 0 Å². The fourth-order valence-electron chi connectivity index (χ4n) is 7.67. The molecule has 0 radical (unpaired) electrons. The number of aliphatic hydroxyl groups is 7. The first-order valence-corrected chi connectivity index (χ1v) is 25.9. The molecule has 2 heterocycles. The molecular weight excluding hydrogens is 877 g/mol. The van der Waals surface area contributed by atoms with E-state index in [2.05, 4.69) is 74.6 Å². The van der Waals surface area contributed by atoms with Crippen LogP contribution in [0.4, 0.5) is 0 Å². The summed E-state index contributed by atoms with van der Waals surface area (Å²) in [7, 11) is 0. The lowest BCUT2D eigenvalue weighted by Gasteiger charge is -2.42. The molecule has 0 saturated carbocycles. The van der Waals surface area contributed by atoms with Gasteiger partial charge in [-0.05, 0) is 77.0 Å². The molecule has 2 aliphatic heterocycles. The predicted octanol–water partition coefficient (Wildman–Crippen LogP) is 7.27. The van der Waals surface area contributed by atoms with E-state index in [1.54, 1.807) is 0 Å². The first kappa shape index (κ1) is 61.3. The van der Waals surface area contributed by atoms with Gasteiger partial charge in [-0.2, -0.15) is 0 Å². The van der Waals surface area contributed by atoms with Crippen molar-refractivity contribution in [2.45, 2.75) is 235 Å². The molecule has 2 rings (SSSR count). The second-order valence-corrected chi connectivity index (χ2v) is 18.0. The fraction of sp³-hybridized carbons (Fsp3) is 0.774. The summed E-state index contributed by atoms with van der Waals surface area (Å²) in [5.41, 5.74) is 0. The minimum absolute atomic E-state index is 0.124. The summed E-state index contributed by atoms with van der Waals surface area (Å²) in [5.74, 6) is -0.974. The molecule has 0 aromatic heterocycles. The van der Waals surface area contributed by atoms with Crippen LogP contribution in [0, 0.1) is 0 Å². The molecule has 2 aliphatic rings. The van der Waals surface area contributed by atoms with Crippen LogP contribution < -0.4 is 0 Å². The maximum absolute atomic E-state index is 13.0. The summed E-state index contributed by atoms with van der Waals surface area (Å²) in [6.07, 6.45) is 28.1. The van der Waals surface area contributed by atoms with E-state index in [0.29, 0.717) is 12.8 Å². The van der Waals surface area contributed by atoms with E-state index in [0.717, 1.165) is 83.5 Å². The molecule has 0 spiro atoms. The number of hydrogen-bond donors (Lipinski definition) is 7. The summed E-state index contributed by atoms with van der Waals surface area (Å²) in [6.45, 7) is 2.46. The quantitative estimate of drug-likeness (QED) is 0.0183. The summed E-state index contributed by atoms with van der Waals surface area (Å²) < 4.78 is 33.5. The number of hydrogen-bond acceptors (Lipinski definition) is 15. The minimum Gasteiger partial charge on any atom is -0.462 e. The van der Waals surface area contributed by atoms with Crippen LogP contribution in [0.25, 0.3) is 0 Å². The molecule has 0 aromatic rings. The van der Waals surface area contributed by atoms with Crippen LogP contribution in [-0.4, -0.2) is 142 Å². The summed E-state index contributed by atoms with van der Waals surface area (Å²) in [4.78, 5) is 25.8. The van der Waals surface area contributed by atoms with Gasteiger partial charge in [-0.15, -0.1) is 0 Å². The van der Waals surface area contributed by atoms with Crippen molar-refractivity contribution in [3.05, 3.63) is 60.8 Å². The number of allylic oxidation sites excluding steroid dienone is 10. The molecule has 7 N–H and O–H groups in total. The Labute approximate surface area is 407 Å². The zero-order valence-corrected chi connectivity index (χ0v) is 41.3. The molecule has 0 aromatic carbocycles. The Hall–Kier alpha value is -2.80. The van der Waals surface area contributed by atoms with Gasteiger partial charge in [0.25, 0.3) is 0 Å². The molecule has 2 saturated heterocycles. The standard InChI is InChI=1S/C53H90O15/c1-3-5-7-9-11-13-15-17-19-20-22-24-26-28-30-32-34-36-45(56)66-41(38-63-44(55)35-33-31-29-27-25-23-21-18-16-14-12-10-8-6-4-2)39-64-52-51(62)49(60)47(58)43(68-52)40-65-53-50(61)48(59)46(57)42(37-54)67-53/h7,9,13,15,18-21,24,26,41-43,46-54,57-62H,3-6,8,10-12,14,16-17,22-23,25,27-40H2,1-2H3/b9-7+,15-13+,20-19+,21-18+,26-24+/t41-,42+,43+,46-,47-,48?,49?,50?,51?,52+,53+/m1/s1. The second-order valence-electron chi connectivity index (χ2n) is 18.0. The van der Waals surface area contributed by atoms with E-state index in [4.69, 9.17) is 28.4 Å². The van der Waals surface area contributed by atoms with Crippen molar-refractivity contribution in [1.29, 1.82) is 0 Å². The average molecular weight is 967 g/mol. The maximum atomic E-state index is 13.0. The van der Waals surface area contributed by atoms with E-state index < -0.39 is 99.3 Å². The van der Waals surface area contributed by atoms with Gasteiger partial charge in [0.15, 0.2) is 18.7 Å². The molecule has 0 amide bonds. The van der Waals surface area contributed by atoms with Crippen LogP contribution >= 0.6 is 0 Å². The third-order valence-corrected chi connectivity index (χ3v) is 11.9. The van der Waals surface area contributed by atoms with Gasteiger partial charge in [0.2, 0.25) is 0 Å². The number of aliphatic hydroxyl groups excluding tert-OH is 7. The highest BCUT2D eigenvalue weighted by Gasteiger charge is 2.47. The molecule has 392 valence electrons. The van der Waals surface area contributed by atoms with Crippen molar-refractivity contribution in [3.8, 4) is 0 Å². The fourth-order valence-corrected chi connectivity index (χ4v) is 7.67. The molecule has 15 heteroatoms. The summed E-state index contributed by atoms with van der Waals surface area (Å²) in [6, 6.07) is 0. The Balaban J connectivity index is 1.83. The van der Waals surface area contributed by atoms with E-state index >= 15 is 0 Å². The van der Waals surface area contributed by atoms with Crippen LogP contribution in [0.5, 0.6) is 0 Å². The van der Waals surface area contributed by atoms with Crippen molar-refractivity contribution >= 4 is 11.9 Å². The zero-order chi connectivity index (χ0) is 49.6. The van der Waals surface area contributed by atoms with Gasteiger partial charge in [0.1, 0.15) is 55.4 Å².